The minimum atomic E-state index is -3.00. The number of sulfone groups is 1. The smallest absolute Gasteiger partial charge is 0.222 e. The average molecular weight is 450 g/mol. The number of benzene rings is 1. The van der Waals surface area contributed by atoms with E-state index in [0.717, 1.165) is 19.6 Å². The monoisotopic (exact) mass is 449 g/mol. The number of guanidine groups is 1. The van der Waals surface area contributed by atoms with Gasteiger partial charge in [-0.05, 0) is 50.8 Å². The molecule has 2 saturated heterocycles. The second-order valence-electron chi connectivity index (χ2n) is 8.33. The summed E-state index contributed by atoms with van der Waals surface area (Å²) in [6, 6.07) is 8.40. The van der Waals surface area contributed by atoms with Gasteiger partial charge in [0.1, 0.15) is 0 Å². The van der Waals surface area contributed by atoms with Gasteiger partial charge in [0.25, 0.3) is 0 Å². The SMILES string of the molecule is CCNC(=NCCC(=O)NC1CCS(=O)(=O)C1)NC(C)c1cccc(N2CCCC2)c1. The minimum absolute atomic E-state index is 0.0419. The van der Waals surface area contributed by atoms with E-state index in [0.29, 0.717) is 18.9 Å². The van der Waals surface area contributed by atoms with Gasteiger partial charge in [-0.15, -0.1) is 0 Å². The Labute approximate surface area is 185 Å². The van der Waals surface area contributed by atoms with Crippen LogP contribution < -0.4 is 20.9 Å². The molecule has 2 aliphatic rings. The second-order valence-corrected chi connectivity index (χ2v) is 10.6. The van der Waals surface area contributed by atoms with Crippen molar-refractivity contribution in [2.24, 2.45) is 4.99 Å². The average Bonchev–Trinajstić information content (AvgIpc) is 3.38. The number of carbonyl (C=O) groups excluding carboxylic acids is 1. The molecule has 8 nitrogen and oxygen atoms in total. The molecule has 1 amide bonds. The van der Waals surface area contributed by atoms with Gasteiger partial charge in [0.2, 0.25) is 5.91 Å². The van der Waals surface area contributed by atoms with Gasteiger partial charge in [-0.1, -0.05) is 12.1 Å². The summed E-state index contributed by atoms with van der Waals surface area (Å²) in [5.41, 5.74) is 2.45. The zero-order valence-corrected chi connectivity index (χ0v) is 19.4. The minimum Gasteiger partial charge on any atom is -0.372 e. The van der Waals surface area contributed by atoms with E-state index in [9.17, 15) is 13.2 Å². The van der Waals surface area contributed by atoms with Crippen molar-refractivity contribution >= 4 is 27.4 Å². The third kappa shape index (κ3) is 7.12. The molecule has 2 unspecified atom stereocenters. The van der Waals surface area contributed by atoms with Crippen LogP contribution in [0.3, 0.4) is 0 Å². The third-order valence-corrected chi connectivity index (χ3v) is 7.51. The third-order valence-electron chi connectivity index (χ3n) is 5.75. The van der Waals surface area contributed by atoms with Gasteiger partial charge in [0, 0.05) is 37.8 Å². The lowest BCUT2D eigenvalue weighted by molar-refractivity contribution is -0.121. The molecular formula is C22H35N5O3S. The van der Waals surface area contributed by atoms with E-state index >= 15 is 0 Å². The van der Waals surface area contributed by atoms with Crippen LogP contribution in [0, 0.1) is 0 Å². The van der Waals surface area contributed by atoms with Crippen molar-refractivity contribution in [3.63, 3.8) is 0 Å². The Morgan fingerprint density at radius 3 is 2.74 bits per heavy atom. The van der Waals surface area contributed by atoms with Crippen molar-refractivity contribution in [3.05, 3.63) is 29.8 Å². The van der Waals surface area contributed by atoms with Crippen molar-refractivity contribution in [2.45, 2.75) is 51.6 Å². The molecule has 2 aliphatic heterocycles. The predicted molar refractivity (Wildman–Crippen MR) is 125 cm³/mol. The maximum absolute atomic E-state index is 12.1. The standard InChI is InChI=1S/C22H35N5O3S/c1-3-23-22(24-11-9-21(28)26-19-10-14-31(29,30)16-19)25-17(2)18-7-6-8-20(15-18)27-12-4-5-13-27/h6-8,15,17,19H,3-5,9-14,16H2,1-2H3,(H,26,28)(H2,23,24,25). The molecular weight excluding hydrogens is 414 g/mol. The first-order valence-electron chi connectivity index (χ1n) is 11.3. The van der Waals surface area contributed by atoms with Crippen LogP contribution in [-0.4, -0.2) is 64.0 Å². The molecule has 0 aromatic heterocycles. The topological polar surface area (TPSA) is 103 Å². The largest absolute Gasteiger partial charge is 0.372 e. The quantitative estimate of drug-likeness (QED) is 0.411. The summed E-state index contributed by atoms with van der Waals surface area (Å²) < 4.78 is 23.0. The number of hydrogen-bond donors (Lipinski definition) is 3. The predicted octanol–water partition coefficient (Wildman–Crippen LogP) is 1.60. The molecule has 0 spiro atoms. The van der Waals surface area contributed by atoms with Gasteiger partial charge in [-0.25, -0.2) is 8.42 Å². The van der Waals surface area contributed by atoms with E-state index < -0.39 is 9.84 Å². The summed E-state index contributed by atoms with van der Waals surface area (Å²) in [5.74, 6) is 0.702. The number of carbonyl (C=O) groups is 1. The van der Waals surface area contributed by atoms with E-state index in [1.54, 1.807) is 0 Å². The van der Waals surface area contributed by atoms with Crippen LogP contribution in [0.2, 0.25) is 0 Å². The number of amides is 1. The number of anilines is 1. The molecule has 3 N–H and O–H groups in total. The molecule has 3 rings (SSSR count). The summed E-state index contributed by atoms with van der Waals surface area (Å²) in [4.78, 5) is 19.1. The highest BCUT2D eigenvalue weighted by atomic mass is 32.2. The lowest BCUT2D eigenvalue weighted by Gasteiger charge is -2.22. The summed E-state index contributed by atoms with van der Waals surface area (Å²) in [5, 5.41) is 9.45. The van der Waals surface area contributed by atoms with Gasteiger partial charge < -0.3 is 20.9 Å². The molecule has 9 heteroatoms. The molecule has 0 aliphatic carbocycles. The summed E-state index contributed by atoms with van der Waals surface area (Å²) in [7, 11) is -3.00. The molecule has 0 bridgehead atoms. The first-order chi connectivity index (χ1) is 14.9. The van der Waals surface area contributed by atoms with E-state index in [1.165, 1.54) is 24.1 Å². The van der Waals surface area contributed by atoms with Gasteiger partial charge >= 0.3 is 0 Å². The maximum atomic E-state index is 12.1. The Morgan fingerprint density at radius 2 is 2.06 bits per heavy atom. The molecule has 1 aromatic rings. The second kappa shape index (κ2) is 10.8. The summed E-state index contributed by atoms with van der Waals surface area (Å²) >= 11 is 0. The molecule has 0 saturated carbocycles. The van der Waals surface area contributed by atoms with E-state index in [-0.39, 0.29) is 35.9 Å². The molecule has 2 fully saturated rings. The van der Waals surface area contributed by atoms with Crippen molar-refractivity contribution in [1.82, 2.24) is 16.0 Å². The van der Waals surface area contributed by atoms with Gasteiger partial charge in [0.15, 0.2) is 15.8 Å². The lowest BCUT2D eigenvalue weighted by atomic mass is 10.1. The fraction of sp³-hybridized carbons (Fsp3) is 0.636. The lowest BCUT2D eigenvalue weighted by Crippen LogP contribution is -2.39. The summed E-state index contributed by atoms with van der Waals surface area (Å²) in [6.07, 6.45) is 3.22. The number of rotatable bonds is 8. The Morgan fingerprint density at radius 1 is 1.29 bits per heavy atom. The van der Waals surface area contributed by atoms with Gasteiger partial charge in [-0.2, -0.15) is 0 Å². The Hall–Kier alpha value is -2.29. The highest BCUT2D eigenvalue weighted by Gasteiger charge is 2.28. The van der Waals surface area contributed by atoms with Crippen molar-refractivity contribution in [3.8, 4) is 0 Å². The number of aliphatic imine (C=N–C) groups is 1. The fourth-order valence-corrected chi connectivity index (χ4v) is 5.73. The van der Waals surface area contributed by atoms with Crippen molar-refractivity contribution < 1.29 is 13.2 Å². The van der Waals surface area contributed by atoms with E-state index in [4.69, 9.17) is 0 Å². The molecule has 2 heterocycles. The maximum Gasteiger partial charge on any atom is 0.222 e. The zero-order valence-electron chi connectivity index (χ0n) is 18.6. The molecule has 31 heavy (non-hydrogen) atoms. The fourth-order valence-electron chi connectivity index (χ4n) is 4.05. The first-order valence-corrected chi connectivity index (χ1v) is 13.1. The van der Waals surface area contributed by atoms with Crippen LogP contribution in [-0.2, 0) is 14.6 Å². The van der Waals surface area contributed by atoms with Gasteiger partial charge in [-0.3, -0.25) is 9.79 Å². The molecule has 2 atom stereocenters. The van der Waals surface area contributed by atoms with Crippen LogP contribution in [0.15, 0.2) is 29.3 Å². The van der Waals surface area contributed by atoms with Crippen LogP contribution in [0.4, 0.5) is 5.69 Å². The highest BCUT2D eigenvalue weighted by Crippen LogP contribution is 2.24. The Balaban J connectivity index is 1.52. The van der Waals surface area contributed by atoms with E-state index in [1.807, 2.05) is 6.92 Å². The Bertz CT molecular complexity index is 881. The van der Waals surface area contributed by atoms with E-state index in [2.05, 4.69) is 57.0 Å². The van der Waals surface area contributed by atoms with Crippen LogP contribution in [0.1, 0.15) is 51.1 Å². The zero-order chi connectivity index (χ0) is 22.3. The normalized spacial score (nSPS) is 21.7. The first kappa shape index (κ1) is 23.4. The molecule has 172 valence electrons. The Kier molecular flexibility index (Phi) is 8.17. The van der Waals surface area contributed by atoms with Crippen LogP contribution in [0.25, 0.3) is 0 Å². The highest BCUT2D eigenvalue weighted by molar-refractivity contribution is 7.91. The molecule has 1 aromatic carbocycles. The van der Waals surface area contributed by atoms with Crippen LogP contribution >= 0.6 is 0 Å². The number of nitrogens with zero attached hydrogens (tertiary/aromatic N) is 2. The molecule has 0 radical (unpaired) electrons. The van der Waals surface area contributed by atoms with Crippen LogP contribution in [0.5, 0.6) is 0 Å². The summed E-state index contributed by atoms with van der Waals surface area (Å²) in [6.45, 7) is 7.39. The number of nitrogens with one attached hydrogen (secondary N) is 3. The van der Waals surface area contributed by atoms with Gasteiger partial charge in [0.05, 0.1) is 24.1 Å². The van der Waals surface area contributed by atoms with Crippen molar-refractivity contribution in [1.29, 1.82) is 0 Å². The number of hydrogen-bond acceptors (Lipinski definition) is 5. The van der Waals surface area contributed by atoms with Crippen molar-refractivity contribution in [2.75, 3.05) is 42.6 Å².